The SMILES string of the molecule is [2H]c1c([2H])c([2H])c(-c2c([2H])c([2H])c([2H])c([2H])c2-c2c3ccccc3c(-c3ccc4c(c3)oc3ccccc34)c3ccccc23)c([2H])c1[2H]. The van der Waals surface area contributed by atoms with Crippen LogP contribution in [0.3, 0.4) is 0 Å². The zero-order valence-corrected chi connectivity index (χ0v) is 20.6. The minimum absolute atomic E-state index is 0.0613. The van der Waals surface area contributed by atoms with E-state index in [1.54, 1.807) is 0 Å². The lowest BCUT2D eigenvalue weighted by molar-refractivity contribution is 0.669. The minimum Gasteiger partial charge on any atom is -0.456 e. The predicted molar refractivity (Wildman–Crippen MR) is 165 cm³/mol. The highest BCUT2D eigenvalue weighted by Crippen LogP contribution is 2.46. The van der Waals surface area contributed by atoms with Crippen molar-refractivity contribution in [3.05, 3.63) is 145 Å². The molecule has 1 nitrogen and oxygen atoms in total. The smallest absolute Gasteiger partial charge is 0.136 e. The van der Waals surface area contributed by atoms with Gasteiger partial charge in [0.1, 0.15) is 11.2 Å². The molecule has 7 aromatic carbocycles. The molecule has 0 unspecified atom stereocenters. The summed E-state index contributed by atoms with van der Waals surface area (Å²) in [6, 6.07) is 24.4. The first kappa shape index (κ1) is 14.7. The van der Waals surface area contributed by atoms with Gasteiger partial charge in [0.2, 0.25) is 0 Å². The van der Waals surface area contributed by atoms with Crippen molar-refractivity contribution >= 4 is 43.5 Å². The standard InChI is InChI=1S/C38H24O/c1-2-12-25(13-3-1)27-14-4-5-16-30(27)38-33-19-8-6-17-31(33)37(32-18-7-9-20-34(32)38)26-22-23-29-28-15-10-11-21-35(28)39-36(29)24-26/h1-24H/i1D,2D,3D,4D,5D,12D,13D,14D,16D. The Bertz CT molecular complexity index is 2590. The summed E-state index contributed by atoms with van der Waals surface area (Å²) in [5.74, 6) is 0. The number of fused-ring (bicyclic) bond motifs is 5. The summed E-state index contributed by atoms with van der Waals surface area (Å²) in [7, 11) is 0. The van der Waals surface area contributed by atoms with E-state index < -0.39 is 48.3 Å². The van der Waals surface area contributed by atoms with Gasteiger partial charge >= 0.3 is 0 Å². The fourth-order valence-corrected chi connectivity index (χ4v) is 5.65. The Morgan fingerprint density at radius 3 is 1.64 bits per heavy atom. The van der Waals surface area contributed by atoms with Crippen LogP contribution in [-0.2, 0) is 0 Å². The summed E-state index contributed by atoms with van der Waals surface area (Å²) in [5.41, 5.74) is 3.41. The maximum atomic E-state index is 9.21. The molecule has 0 atom stereocenters. The lowest BCUT2D eigenvalue weighted by atomic mass is 9.84. The topological polar surface area (TPSA) is 13.1 Å². The van der Waals surface area contributed by atoms with E-state index in [1.165, 1.54) is 0 Å². The Balaban J connectivity index is 1.54. The first-order chi connectivity index (χ1) is 23.1. The number of rotatable bonds is 3. The third-order valence-corrected chi connectivity index (χ3v) is 7.29. The Kier molecular flexibility index (Phi) is 3.29. The number of furan rings is 1. The molecule has 8 aromatic rings. The molecule has 0 aliphatic heterocycles. The van der Waals surface area contributed by atoms with Gasteiger partial charge in [0.05, 0.1) is 12.3 Å². The van der Waals surface area contributed by atoms with E-state index in [4.69, 9.17) is 15.4 Å². The maximum absolute atomic E-state index is 9.21. The van der Waals surface area contributed by atoms with Crippen LogP contribution in [0.2, 0.25) is 0 Å². The normalized spacial score (nSPS) is 14.8. The van der Waals surface area contributed by atoms with E-state index in [0.717, 1.165) is 43.8 Å². The molecule has 0 aliphatic carbocycles. The molecule has 0 saturated carbocycles. The molecule has 0 fully saturated rings. The van der Waals surface area contributed by atoms with Gasteiger partial charge < -0.3 is 4.42 Å². The summed E-state index contributed by atoms with van der Waals surface area (Å²) in [6.07, 6.45) is 0. The van der Waals surface area contributed by atoms with Crippen molar-refractivity contribution in [2.24, 2.45) is 0 Å². The van der Waals surface area contributed by atoms with E-state index >= 15 is 0 Å². The zero-order valence-electron chi connectivity index (χ0n) is 29.6. The highest BCUT2D eigenvalue weighted by atomic mass is 16.3. The third kappa shape index (κ3) is 3.41. The van der Waals surface area contributed by atoms with Crippen LogP contribution in [0.25, 0.3) is 76.9 Å². The quantitative estimate of drug-likeness (QED) is 0.218. The zero-order chi connectivity index (χ0) is 33.6. The maximum Gasteiger partial charge on any atom is 0.136 e. The highest BCUT2D eigenvalue weighted by molar-refractivity contribution is 6.23. The third-order valence-electron chi connectivity index (χ3n) is 7.29. The van der Waals surface area contributed by atoms with Gasteiger partial charge in [-0.3, -0.25) is 0 Å². The van der Waals surface area contributed by atoms with Crippen molar-refractivity contribution < 1.29 is 16.8 Å². The van der Waals surface area contributed by atoms with E-state index in [9.17, 15) is 1.37 Å². The molecule has 1 heteroatoms. The summed E-state index contributed by atoms with van der Waals surface area (Å²) < 4.78 is 84.1. The molecular formula is C38H24O. The lowest BCUT2D eigenvalue weighted by Gasteiger charge is -2.19. The molecule has 8 rings (SSSR count). The van der Waals surface area contributed by atoms with Crippen LogP contribution in [0.15, 0.2) is 150 Å². The summed E-state index contributed by atoms with van der Waals surface area (Å²) in [4.78, 5) is 0. The Morgan fingerprint density at radius 2 is 0.949 bits per heavy atom. The lowest BCUT2D eigenvalue weighted by Crippen LogP contribution is -1.92. The molecule has 39 heavy (non-hydrogen) atoms. The van der Waals surface area contributed by atoms with Crippen LogP contribution in [0.5, 0.6) is 0 Å². The van der Waals surface area contributed by atoms with Crippen molar-refractivity contribution in [1.29, 1.82) is 0 Å². The van der Waals surface area contributed by atoms with Gasteiger partial charge in [-0.1, -0.05) is 127 Å². The number of para-hydroxylation sites is 1. The Hall–Kier alpha value is -5.14. The first-order valence-corrected chi connectivity index (χ1v) is 12.6. The summed E-state index contributed by atoms with van der Waals surface area (Å²) in [6.45, 7) is 0. The van der Waals surface area contributed by atoms with E-state index in [0.29, 0.717) is 16.3 Å². The van der Waals surface area contributed by atoms with Gasteiger partial charge in [0.15, 0.2) is 0 Å². The van der Waals surface area contributed by atoms with Gasteiger partial charge in [-0.05, 0) is 73.1 Å². The Morgan fingerprint density at radius 1 is 0.410 bits per heavy atom. The van der Waals surface area contributed by atoms with Crippen molar-refractivity contribution in [3.8, 4) is 33.4 Å². The van der Waals surface area contributed by atoms with Crippen molar-refractivity contribution in [3.63, 3.8) is 0 Å². The van der Waals surface area contributed by atoms with Gasteiger partial charge in [0, 0.05) is 10.8 Å². The van der Waals surface area contributed by atoms with Crippen molar-refractivity contribution in [1.82, 2.24) is 0 Å². The van der Waals surface area contributed by atoms with Gasteiger partial charge in [-0.15, -0.1) is 0 Å². The molecule has 0 saturated heterocycles. The number of hydrogen-bond donors (Lipinski definition) is 0. The molecule has 0 bridgehead atoms. The van der Waals surface area contributed by atoms with Gasteiger partial charge in [-0.2, -0.15) is 0 Å². The summed E-state index contributed by atoms with van der Waals surface area (Å²) >= 11 is 0. The van der Waals surface area contributed by atoms with E-state index in [1.807, 2.05) is 91.0 Å². The Labute approximate surface area is 239 Å². The van der Waals surface area contributed by atoms with Crippen molar-refractivity contribution in [2.75, 3.05) is 0 Å². The fraction of sp³-hybridized carbons (Fsp3) is 0. The molecular weight excluding hydrogens is 472 g/mol. The van der Waals surface area contributed by atoms with E-state index in [2.05, 4.69) is 0 Å². The molecule has 0 amide bonds. The molecule has 0 aliphatic rings. The fourth-order valence-electron chi connectivity index (χ4n) is 5.65. The van der Waals surface area contributed by atoms with Crippen LogP contribution < -0.4 is 0 Å². The second-order valence-electron chi connectivity index (χ2n) is 9.40. The average Bonchev–Trinajstić information content (AvgIpc) is 3.48. The second-order valence-corrected chi connectivity index (χ2v) is 9.40. The monoisotopic (exact) mass is 505 g/mol. The average molecular weight is 506 g/mol. The van der Waals surface area contributed by atoms with Gasteiger partial charge in [-0.25, -0.2) is 0 Å². The molecule has 182 valence electrons. The summed E-state index contributed by atoms with van der Waals surface area (Å²) in [5, 5.41) is 4.97. The van der Waals surface area contributed by atoms with Crippen LogP contribution in [0.4, 0.5) is 0 Å². The second kappa shape index (κ2) is 8.72. The van der Waals surface area contributed by atoms with Crippen molar-refractivity contribution in [2.45, 2.75) is 0 Å². The highest BCUT2D eigenvalue weighted by Gasteiger charge is 2.19. The molecule has 0 N–H and O–H groups in total. The van der Waals surface area contributed by atoms with Crippen LogP contribution in [0.1, 0.15) is 12.3 Å². The largest absolute Gasteiger partial charge is 0.456 e. The van der Waals surface area contributed by atoms with Crippen LogP contribution >= 0.6 is 0 Å². The molecule has 1 aromatic heterocycles. The van der Waals surface area contributed by atoms with E-state index in [-0.39, 0.29) is 22.7 Å². The minimum atomic E-state index is -0.588. The van der Waals surface area contributed by atoms with Gasteiger partial charge in [0.25, 0.3) is 0 Å². The molecule has 1 heterocycles. The molecule has 0 spiro atoms. The molecule has 0 radical (unpaired) electrons. The number of hydrogen-bond acceptors (Lipinski definition) is 1. The van der Waals surface area contributed by atoms with Crippen LogP contribution in [-0.4, -0.2) is 0 Å². The van der Waals surface area contributed by atoms with Crippen LogP contribution in [0, 0.1) is 0 Å². The number of benzene rings is 7. The first-order valence-electron chi connectivity index (χ1n) is 17.1. The predicted octanol–water partition coefficient (Wildman–Crippen LogP) is 10.9.